The van der Waals surface area contributed by atoms with Crippen LogP contribution in [0.5, 0.6) is 0 Å². The van der Waals surface area contributed by atoms with Gasteiger partial charge in [0.2, 0.25) is 0 Å². The third-order valence-electron chi connectivity index (χ3n) is 3.90. The SMILES string of the molecule is Cc1cccc(Nc2nc3ccccc3nc2-c2ccccc2)c1. The van der Waals surface area contributed by atoms with Crippen LogP contribution in [0.25, 0.3) is 22.3 Å². The first-order chi connectivity index (χ1) is 11.8. The highest BCUT2D eigenvalue weighted by Crippen LogP contribution is 2.29. The molecule has 4 rings (SSSR count). The number of aryl methyl sites for hydroxylation is 1. The molecule has 0 aliphatic carbocycles. The van der Waals surface area contributed by atoms with Crippen LogP contribution in [-0.4, -0.2) is 9.97 Å². The molecule has 3 heteroatoms. The minimum Gasteiger partial charge on any atom is -0.338 e. The van der Waals surface area contributed by atoms with E-state index in [4.69, 9.17) is 9.97 Å². The Morgan fingerprint density at radius 3 is 2.17 bits per heavy atom. The maximum atomic E-state index is 4.84. The van der Waals surface area contributed by atoms with Gasteiger partial charge in [0.1, 0.15) is 5.69 Å². The van der Waals surface area contributed by atoms with E-state index in [1.54, 1.807) is 0 Å². The average Bonchev–Trinajstić information content (AvgIpc) is 2.62. The molecule has 0 saturated carbocycles. The Morgan fingerprint density at radius 2 is 1.42 bits per heavy atom. The van der Waals surface area contributed by atoms with E-state index in [1.807, 2.05) is 54.6 Å². The number of hydrogen-bond donors (Lipinski definition) is 1. The van der Waals surface area contributed by atoms with Crippen LogP contribution in [0.2, 0.25) is 0 Å². The smallest absolute Gasteiger partial charge is 0.157 e. The molecular weight excluding hydrogens is 294 g/mol. The number of nitrogens with one attached hydrogen (secondary N) is 1. The largest absolute Gasteiger partial charge is 0.338 e. The van der Waals surface area contributed by atoms with Crippen LogP contribution in [-0.2, 0) is 0 Å². The molecule has 0 bridgehead atoms. The summed E-state index contributed by atoms with van der Waals surface area (Å²) in [6, 6.07) is 26.4. The molecule has 0 radical (unpaired) electrons. The zero-order valence-corrected chi connectivity index (χ0v) is 13.4. The minimum absolute atomic E-state index is 0.769. The predicted octanol–water partition coefficient (Wildman–Crippen LogP) is 5.35. The third kappa shape index (κ3) is 2.84. The van der Waals surface area contributed by atoms with E-state index >= 15 is 0 Å². The summed E-state index contributed by atoms with van der Waals surface area (Å²) in [5.74, 6) is 0.769. The van der Waals surface area contributed by atoms with Crippen LogP contribution in [0.15, 0.2) is 78.9 Å². The molecule has 0 unspecified atom stereocenters. The molecule has 0 aliphatic rings. The van der Waals surface area contributed by atoms with E-state index in [1.165, 1.54) is 5.56 Å². The van der Waals surface area contributed by atoms with Crippen molar-refractivity contribution in [3.05, 3.63) is 84.4 Å². The van der Waals surface area contributed by atoms with Gasteiger partial charge in [0.05, 0.1) is 11.0 Å². The van der Waals surface area contributed by atoms with Crippen LogP contribution >= 0.6 is 0 Å². The molecule has 1 heterocycles. The summed E-state index contributed by atoms with van der Waals surface area (Å²) in [7, 11) is 0. The van der Waals surface area contributed by atoms with Crippen molar-refractivity contribution in [2.75, 3.05) is 5.32 Å². The van der Waals surface area contributed by atoms with Crippen LogP contribution in [0.3, 0.4) is 0 Å². The van der Waals surface area contributed by atoms with Gasteiger partial charge in [-0.25, -0.2) is 9.97 Å². The van der Waals surface area contributed by atoms with E-state index in [2.05, 4.69) is 36.5 Å². The lowest BCUT2D eigenvalue weighted by Crippen LogP contribution is -2.00. The van der Waals surface area contributed by atoms with Gasteiger partial charge in [-0.15, -0.1) is 0 Å². The van der Waals surface area contributed by atoms with Gasteiger partial charge in [-0.3, -0.25) is 0 Å². The van der Waals surface area contributed by atoms with Crippen molar-refractivity contribution in [1.82, 2.24) is 9.97 Å². The summed E-state index contributed by atoms with van der Waals surface area (Å²) in [5, 5.41) is 3.43. The second-order valence-electron chi connectivity index (χ2n) is 5.77. The monoisotopic (exact) mass is 311 g/mol. The second-order valence-corrected chi connectivity index (χ2v) is 5.77. The Balaban J connectivity index is 1.88. The fourth-order valence-corrected chi connectivity index (χ4v) is 2.74. The number of aromatic nitrogens is 2. The maximum Gasteiger partial charge on any atom is 0.157 e. The van der Waals surface area contributed by atoms with Crippen molar-refractivity contribution in [3.63, 3.8) is 0 Å². The van der Waals surface area contributed by atoms with Gasteiger partial charge in [-0.1, -0.05) is 54.6 Å². The number of rotatable bonds is 3. The molecular formula is C21H17N3. The first kappa shape index (κ1) is 14.4. The highest BCUT2D eigenvalue weighted by Gasteiger charge is 2.11. The lowest BCUT2D eigenvalue weighted by Gasteiger charge is -2.12. The molecule has 0 fully saturated rings. The third-order valence-corrected chi connectivity index (χ3v) is 3.90. The van der Waals surface area contributed by atoms with Gasteiger partial charge in [-0.05, 0) is 36.8 Å². The van der Waals surface area contributed by atoms with Gasteiger partial charge in [0, 0.05) is 11.3 Å². The molecule has 0 atom stereocenters. The zero-order chi connectivity index (χ0) is 16.4. The summed E-state index contributed by atoms with van der Waals surface area (Å²) in [5.41, 5.74) is 5.90. The van der Waals surface area contributed by atoms with Gasteiger partial charge < -0.3 is 5.32 Å². The summed E-state index contributed by atoms with van der Waals surface area (Å²) in [4.78, 5) is 9.64. The Morgan fingerprint density at radius 1 is 0.708 bits per heavy atom. The van der Waals surface area contributed by atoms with Crippen LogP contribution in [0.1, 0.15) is 5.56 Å². The van der Waals surface area contributed by atoms with Gasteiger partial charge in [-0.2, -0.15) is 0 Å². The van der Waals surface area contributed by atoms with Crippen molar-refractivity contribution < 1.29 is 0 Å². The van der Waals surface area contributed by atoms with E-state index in [9.17, 15) is 0 Å². The molecule has 0 aliphatic heterocycles. The molecule has 0 spiro atoms. The fourth-order valence-electron chi connectivity index (χ4n) is 2.74. The number of benzene rings is 3. The van der Waals surface area contributed by atoms with Crippen molar-refractivity contribution in [3.8, 4) is 11.3 Å². The summed E-state index contributed by atoms with van der Waals surface area (Å²) in [6.07, 6.45) is 0. The van der Waals surface area contributed by atoms with Crippen molar-refractivity contribution in [1.29, 1.82) is 0 Å². The van der Waals surface area contributed by atoms with Crippen molar-refractivity contribution in [2.45, 2.75) is 6.92 Å². The van der Waals surface area contributed by atoms with Crippen LogP contribution in [0, 0.1) is 6.92 Å². The molecule has 3 nitrogen and oxygen atoms in total. The normalized spacial score (nSPS) is 10.7. The van der Waals surface area contributed by atoms with Crippen LogP contribution in [0.4, 0.5) is 11.5 Å². The Hall–Kier alpha value is -3.20. The first-order valence-corrected chi connectivity index (χ1v) is 7.95. The van der Waals surface area contributed by atoms with E-state index in [0.717, 1.165) is 33.8 Å². The quantitative estimate of drug-likeness (QED) is 0.554. The second kappa shape index (κ2) is 6.13. The zero-order valence-electron chi connectivity index (χ0n) is 13.4. The first-order valence-electron chi connectivity index (χ1n) is 7.95. The lowest BCUT2D eigenvalue weighted by atomic mass is 10.1. The standard InChI is InChI=1S/C21H17N3/c1-15-8-7-11-17(14-15)22-21-20(16-9-3-2-4-10-16)23-18-12-5-6-13-19(18)24-21/h2-14H,1H3,(H,22,24). The molecule has 0 amide bonds. The Bertz CT molecular complexity index is 994. The predicted molar refractivity (Wildman–Crippen MR) is 99.4 cm³/mol. The van der Waals surface area contributed by atoms with Gasteiger partial charge in [0.25, 0.3) is 0 Å². The number of anilines is 2. The highest BCUT2D eigenvalue weighted by atomic mass is 15.0. The number of para-hydroxylation sites is 2. The Kier molecular flexibility index (Phi) is 3.67. The summed E-state index contributed by atoms with van der Waals surface area (Å²) < 4.78 is 0. The average molecular weight is 311 g/mol. The molecule has 3 aromatic carbocycles. The number of hydrogen-bond acceptors (Lipinski definition) is 3. The van der Waals surface area contributed by atoms with Gasteiger partial charge >= 0.3 is 0 Å². The molecule has 24 heavy (non-hydrogen) atoms. The number of fused-ring (bicyclic) bond motifs is 1. The molecule has 4 aromatic rings. The summed E-state index contributed by atoms with van der Waals surface area (Å²) >= 11 is 0. The van der Waals surface area contributed by atoms with Gasteiger partial charge in [0.15, 0.2) is 5.82 Å². The topological polar surface area (TPSA) is 37.8 Å². The Labute approximate surface area is 141 Å². The minimum atomic E-state index is 0.769. The molecule has 116 valence electrons. The van der Waals surface area contributed by atoms with Crippen LogP contribution < -0.4 is 5.32 Å². The highest BCUT2D eigenvalue weighted by molar-refractivity contribution is 5.84. The number of nitrogens with zero attached hydrogens (tertiary/aromatic N) is 2. The van der Waals surface area contributed by atoms with Crippen molar-refractivity contribution in [2.24, 2.45) is 0 Å². The summed E-state index contributed by atoms with van der Waals surface area (Å²) in [6.45, 7) is 2.08. The maximum absolute atomic E-state index is 4.84. The lowest BCUT2D eigenvalue weighted by molar-refractivity contribution is 1.28. The molecule has 0 saturated heterocycles. The molecule has 1 aromatic heterocycles. The van der Waals surface area contributed by atoms with E-state index in [-0.39, 0.29) is 0 Å². The van der Waals surface area contributed by atoms with Crippen molar-refractivity contribution >= 4 is 22.5 Å². The van der Waals surface area contributed by atoms with E-state index in [0.29, 0.717) is 0 Å². The fraction of sp³-hybridized carbons (Fsp3) is 0.0476. The van der Waals surface area contributed by atoms with E-state index < -0.39 is 0 Å². The molecule has 1 N–H and O–H groups in total.